The molecule has 0 spiro atoms. The van der Waals surface area contributed by atoms with Crippen LogP contribution in [-0.2, 0) is 6.54 Å². The summed E-state index contributed by atoms with van der Waals surface area (Å²) in [6.45, 7) is 0.224. The average molecular weight is 298 g/mol. The molecule has 112 valence electrons. The molecule has 3 rings (SSSR count). The number of hydrogen-bond acceptors (Lipinski definition) is 4. The Hall–Kier alpha value is -2.73. The second-order valence-corrected chi connectivity index (χ2v) is 4.71. The van der Waals surface area contributed by atoms with E-state index < -0.39 is 0 Å². The number of ether oxygens (including phenoxy) is 1. The van der Waals surface area contributed by atoms with E-state index >= 15 is 0 Å². The molecule has 0 aliphatic heterocycles. The van der Waals surface area contributed by atoms with Crippen LogP contribution in [0.15, 0.2) is 48.5 Å². The van der Waals surface area contributed by atoms with Crippen LogP contribution in [0, 0.1) is 5.82 Å². The van der Waals surface area contributed by atoms with Crippen molar-refractivity contribution in [2.24, 2.45) is 5.73 Å². The number of halogens is 1. The largest absolute Gasteiger partial charge is 0.497 e. The van der Waals surface area contributed by atoms with Crippen LogP contribution in [0.25, 0.3) is 16.9 Å². The van der Waals surface area contributed by atoms with Gasteiger partial charge in [-0.15, -0.1) is 5.10 Å². The first kappa shape index (κ1) is 14.2. The third kappa shape index (κ3) is 2.56. The van der Waals surface area contributed by atoms with Gasteiger partial charge in [-0.25, -0.2) is 9.07 Å². The molecule has 2 N–H and O–H groups in total. The third-order valence-electron chi connectivity index (χ3n) is 3.35. The fourth-order valence-electron chi connectivity index (χ4n) is 2.28. The molecule has 5 nitrogen and oxygen atoms in total. The molecule has 22 heavy (non-hydrogen) atoms. The Morgan fingerprint density at radius 1 is 1.18 bits per heavy atom. The summed E-state index contributed by atoms with van der Waals surface area (Å²) in [7, 11) is 1.61. The first-order valence-corrected chi connectivity index (χ1v) is 6.78. The summed E-state index contributed by atoms with van der Waals surface area (Å²) in [6.07, 6.45) is 0. The zero-order valence-corrected chi connectivity index (χ0v) is 12.0. The lowest BCUT2D eigenvalue weighted by atomic mass is 10.1. The summed E-state index contributed by atoms with van der Waals surface area (Å²) in [5.41, 5.74) is 8.51. The van der Waals surface area contributed by atoms with E-state index in [1.54, 1.807) is 23.9 Å². The smallest absolute Gasteiger partial charge is 0.123 e. The first-order valence-electron chi connectivity index (χ1n) is 6.78. The number of aromatic nitrogens is 3. The van der Waals surface area contributed by atoms with Gasteiger partial charge in [0.05, 0.1) is 18.5 Å². The minimum atomic E-state index is -0.317. The van der Waals surface area contributed by atoms with E-state index in [4.69, 9.17) is 10.5 Å². The minimum Gasteiger partial charge on any atom is -0.497 e. The van der Waals surface area contributed by atoms with Gasteiger partial charge in [-0.1, -0.05) is 17.3 Å². The monoisotopic (exact) mass is 298 g/mol. The van der Waals surface area contributed by atoms with Crippen molar-refractivity contribution >= 4 is 0 Å². The Kier molecular flexibility index (Phi) is 3.84. The molecule has 0 saturated carbocycles. The number of nitrogens with zero attached hydrogens (tertiary/aromatic N) is 3. The molecular weight excluding hydrogens is 283 g/mol. The van der Waals surface area contributed by atoms with Crippen LogP contribution in [0.4, 0.5) is 4.39 Å². The summed E-state index contributed by atoms with van der Waals surface area (Å²) in [5.74, 6) is 0.429. The fraction of sp³-hybridized carbons (Fsp3) is 0.125. The van der Waals surface area contributed by atoms with E-state index in [1.165, 1.54) is 12.1 Å². The van der Waals surface area contributed by atoms with Crippen molar-refractivity contribution < 1.29 is 9.13 Å². The summed E-state index contributed by atoms with van der Waals surface area (Å²) in [4.78, 5) is 0. The molecule has 0 amide bonds. The molecule has 2 aromatic carbocycles. The van der Waals surface area contributed by atoms with E-state index in [9.17, 15) is 4.39 Å². The topological polar surface area (TPSA) is 66.0 Å². The Morgan fingerprint density at radius 3 is 2.59 bits per heavy atom. The predicted molar refractivity (Wildman–Crippen MR) is 81.2 cm³/mol. The Morgan fingerprint density at radius 2 is 1.95 bits per heavy atom. The molecule has 6 heteroatoms. The number of methoxy groups -OCH3 is 1. The van der Waals surface area contributed by atoms with Crippen LogP contribution in [0.2, 0.25) is 0 Å². The van der Waals surface area contributed by atoms with Crippen molar-refractivity contribution in [1.82, 2.24) is 15.0 Å². The van der Waals surface area contributed by atoms with Crippen molar-refractivity contribution in [3.63, 3.8) is 0 Å². The summed E-state index contributed by atoms with van der Waals surface area (Å²) in [5, 5.41) is 8.24. The van der Waals surface area contributed by atoms with Crippen LogP contribution in [0.5, 0.6) is 5.75 Å². The highest BCUT2D eigenvalue weighted by molar-refractivity contribution is 5.64. The van der Waals surface area contributed by atoms with Crippen molar-refractivity contribution in [1.29, 1.82) is 0 Å². The van der Waals surface area contributed by atoms with Crippen LogP contribution in [0.1, 0.15) is 5.69 Å². The second kappa shape index (κ2) is 5.95. The van der Waals surface area contributed by atoms with E-state index in [1.807, 2.05) is 24.3 Å². The zero-order valence-electron chi connectivity index (χ0n) is 12.0. The standard InChI is InChI=1S/C16H15FN4O/c1-22-14-7-5-13(6-8-14)21-16(15(10-18)19-20-21)11-3-2-4-12(17)9-11/h2-9H,10,18H2,1H3. The summed E-state index contributed by atoms with van der Waals surface area (Å²) < 4.78 is 20.3. The highest BCUT2D eigenvalue weighted by Gasteiger charge is 2.15. The Labute approximate surface area is 127 Å². The molecule has 0 aliphatic rings. The molecule has 1 heterocycles. The highest BCUT2D eigenvalue weighted by Crippen LogP contribution is 2.26. The van der Waals surface area contributed by atoms with Crippen molar-refractivity contribution in [3.05, 3.63) is 60.0 Å². The van der Waals surface area contributed by atoms with E-state index in [2.05, 4.69) is 10.3 Å². The lowest BCUT2D eigenvalue weighted by Crippen LogP contribution is -2.03. The van der Waals surface area contributed by atoms with E-state index in [-0.39, 0.29) is 12.4 Å². The molecule has 0 atom stereocenters. The predicted octanol–water partition coefficient (Wildman–Crippen LogP) is 2.54. The van der Waals surface area contributed by atoms with Crippen LogP contribution < -0.4 is 10.5 Å². The first-order chi connectivity index (χ1) is 10.7. The molecule has 0 radical (unpaired) electrons. The molecule has 0 aliphatic carbocycles. The van der Waals surface area contributed by atoms with Gasteiger partial charge in [-0.3, -0.25) is 0 Å². The quantitative estimate of drug-likeness (QED) is 0.804. The van der Waals surface area contributed by atoms with Gasteiger partial charge in [0, 0.05) is 12.1 Å². The maximum atomic E-state index is 13.5. The average Bonchev–Trinajstić information content (AvgIpc) is 2.99. The number of hydrogen-bond donors (Lipinski definition) is 1. The van der Waals surface area contributed by atoms with Crippen molar-refractivity contribution in [2.75, 3.05) is 7.11 Å². The third-order valence-corrected chi connectivity index (χ3v) is 3.35. The van der Waals surface area contributed by atoms with Crippen molar-refractivity contribution in [3.8, 4) is 22.7 Å². The van der Waals surface area contributed by atoms with Crippen LogP contribution >= 0.6 is 0 Å². The van der Waals surface area contributed by atoms with Gasteiger partial charge in [-0.05, 0) is 36.4 Å². The maximum Gasteiger partial charge on any atom is 0.123 e. The van der Waals surface area contributed by atoms with Gasteiger partial charge < -0.3 is 10.5 Å². The molecular formula is C16H15FN4O. The molecule has 0 bridgehead atoms. The Balaban J connectivity index is 2.14. The highest BCUT2D eigenvalue weighted by atomic mass is 19.1. The fourth-order valence-corrected chi connectivity index (χ4v) is 2.28. The minimum absolute atomic E-state index is 0.224. The molecule has 3 aromatic rings. The number of nitrogens with two attached hydrogens (primary N) is 1. The van der Waals surface area contributed by atoms with Gasteiger partial charge in [0.15, 0.2) is 0 Å². The lowest BCUT2D eigenvalue weighted by molar-refractivity contribution is 0.414. The molecule has 0 saturated heterocycles. The van der Waals surface area contributed by atoms with Gasteiger partial charge in [0.25, 0.3) is 0 Å². The van der Waals surface area contributed by atoms with Gasteiger partial charge in [0.2, 0.25) is 0 Å². The summed E-state index contributed by atoms with van der Waals surface area (Å²) >= 11 is 0. The molecule has 1 aromatic heterocycles. The van der Waals surface area contributed by atoms with Crippen LogP contribution in [-0.4, -0.2) is 22.1 Å². The van der Waals surface area contributed by atoms with E-state index in [0.717, 1.165) is 11.4 Å². The second-order valence-electron chi connectivity index (χ2n) is 4.71. The van der Waals surface area contributed by atoms with Gasteiger partial charge >= 0.3 is 0 Å². The number of benzene rings is 2. The maximum absolute atomic E-state index is 13.5. The SMILES string of the molecule is COc1ccc(-n2nnc(CN)c2-c2cccc(F)c2)cc1. The lowest BCUT2D eigenvalue weighted by Gasteiger charge is -2.09. The molecule has 0 unspecified atom stereocenters. The van der Waals surface area contributed by atoms with Gasteiger partial charge in [-0.2, -0.15) is 0 Å². The molecule has 0 fully saturated rings. The zero-order chi connectivity index (χ0) is 15.5. The van der Waals surface area contributed by atoms with Gasteiger partial charge in [0.1, 0.15) is 17.3 Å². The Bertz CT molecular complexity index is 783. The van der Waals surface area contributed by atoms with Crippen LogP contribution in [0.3, 0.4) is 0 Å². The summed E-state index contributed by atoms with van der Waals surface area (Å²) in [6, 6.07) is 13.7. The number of rotatable bonds is 4. The normalized spacial score (nSPS) is 10.7. The van der Waals surface area contributed by atoms with Crippen molar-refractivity contribution in [2.45, 2.75) is 6.54 Å². The van der Waals surface area contributed by atoms with E-state index in [0.29, 0.717) is 17.0 Å².